The summed E-state index contributed by atoms with van der Waals surface area (Å²) >= 11 is 0. The zero-order valence-electron chi connectivity index (χ0n) is 7.79. The van der Waals surface area contributed by atoms with Crippen molar-refractivity contribution in [2.75, 3.05) is 13.2 Å². The second kappa shape index (κ2) is 6.64. The highest BCUT2D eigenvalue weighted by Crippen LogP contribution is 1.92. The zero-order chi connectivity index (χ0) is 9.40. The van der Waals surface area contributed by atoms with Crippen LogP contribution in [0.5, 0.6) is 0 Å². The van der Waals surface area contributed by atoms with Crippen LogP contribution in [0.15, 0.2) is 5.16 Å². The maximum atomic E-state index is 11.0. The van der Waals surface area contributed by atoms with Crippen LogP contribution in [0.25, 0.3) is 0 Å². The summed E-state index contributed by atoms with van der Waals surface area (Å²) in [5.74, 6) is -0.395. The number of rotatable bonds is 5. The van der Waals surface area contributed by atoms with Crippen molar-refractivity contribution in [3.8, 4) is 0 Å². The van der Waals surface area contributed by atoms with Crippen LogP contribution in [-0.2, 0) is 14.4 Å². The highest BCUT2D eigenvalue weighted by atomic mass is 16.6. The third-order valence-corrected chi connectivity index (χ3v) is 1.15. The Kier molecular flexibility index (Phi) is 6.05. The third-order valence-electron chi connectivity index (χ3n) is 1.15. The maximum Gasteiger partial charge on any atom is 0.356 e. The lowest BCUT2D eigenvalue weighted by Gasteiger charge is -2.02. The lowest BCUT2D eigenvalue weighted by atomic mass is 10.3. The predicted octanol–water partition coefficient (Wildman–Crippen LogP) is 1.35. The van der Waals surface area contributed by atoms with Crippen molar-refractivity contribution < 1.29 is 14.4 Å². The van der Waals surface area contributed by atoms with Gasteiger partial charge in [-0.2, -0.15) is 0 Å². The topological polar surface area (TPSA) is 47.9 Å². The van der Waals surface area contributed by atoms with Crippen molar-refractivity contribution >= 4 is 11.7 Å². The molecule has 4 nitrogen and oxygen atoms in total. The molecule has 0 saturated carbocycles. The molecule has 0 aromatic heterocycles. The molecule has 0 bridgehead atoms. The van der Waals surface area contributed by atoms with Crippen LogP contribution in [0.2, 0.25) is 0 Å². The maximum absolute atomic E-state index is 11.0. The van der Waals surface area contributed by atoms with Gasteiger partial charge in [0.05, 0.1) is 6.61 Å². The van der Waals surface area contributed by atoms with E-state index in [0.29, 0.717) is 25.3 Å². The Labute approximate surface area is 72.5 Å². The molecule has 0 radical (unpaired) electrons. The zero-order valence-corrected chi connectivity index (χ0v) is 7.79. The summed E-state index contributed by atoms with van der Waals surface area (Å²) in [6.07, 6.45) is 0.527. The van der Waals surface area contributed by atoms with Gasteiger partial charge in [0.15, 0.2) is 5.71 Å². The van der Waals surface area contributed by atoms with Crippen molar-refractivity contribution in [3.63, 3.8) is 0 Å². The number of hydrogen-bond acceptors (Lipinski definition) is 4. The van der Waals surface area contributed by atoms with Gasteiger partial charge in [0.1, 0.15) is 6.61 Å². The Morgan fingerprint density at radius 1 is 1.25 bits per heavy atom. The van der Waals surface area contributed by atoms with E-state index in [0.717, 1.165) is 0 Å². The molecule has 0 spiro atoms. The van der Waals surface area contributed by atoms with E-state index >= 15 is 0 Å². The Morgan fingerprint density at radius 3 is 2.33 bits per heavy atom. The lowest BCUT2D eigenvalue weighted by molar-refractivity contribution is -0.135. The van der Waals surface area contributed by atoms with Gasteiger partial charge in [0.25, 0.3) is 0 Å². The summed E-state index contributed by atoms with van der Waals surface area (Å²) in [4.78, 5) is 15.8. The molecule has 0 aliphatic rings. The van der Waals surface area contributed by atoms with Gasteiger partial charge in [0, 0.05) is 0 Å². The monoisotopic (exact) mass is 173 g/mol. The van der Waals surface area contributed by atoms with Crippen LogP contribution in [0.1, 0.15) is 27.2 Å². The number of oxime groups is 1. The van der Waals surface area contributed by atoms with E-state index in [1.807, 2.05) is 13.8 Å². The molecule has 0 saturated heterocycles. The van der Waals surface area contributed by atoms with E-state index < -0.39 is 5.97 Å². The van der Waals surface area contributed by atoms with Crippen LogP contribution in [-0.4, -0.2) is 24.9 Å². The first-order chi connectivity index (χ1) is 5.76. The van der Waals surface area contributed by atoms with Crippen molar-refractivity contribution in [2.24, 2.45) is 5.16 Å². The Bertz CT molecular complexity index is 166. The second-order valence-corrected chi connectivity index (χ2v) is 2.03. The molecule has 0 aromatic carbocycles. The first-order valence-electron chi connectivity index (χ1n) is 4.12. The first-order valence-corrected chi connectivity index (χ1v) is 4.12. The Balaban J connectivity index is 4.04. The highest BCUT2D eigenvalue weighted by Gasteiger charge is 2.10. The van der Waals surface area contributed by atoms with Gasteiger partial charge in [-0.1, -0.05) is 12.1 Å². The summed E-state index contributed by atoms with van der Waals surface area (Å²) in [5, 5.41) is 3.62. The summed E-state index contributed by atoms with van der Waals surface area (Å²) in [7, 11) is 0. The summed E-state index contributed by atoms with van der Waals surface area (Å²) < 4.78 is 4.74. The van der Waals surface area contributed by atoms with Gasteiger partial charge in [-0.15, -0.1) is 0 Å². The third kappa shape index (κ3) is 3.95. The van der Waals surface area contributed by atoms with Gasteiger partial charge in [0.2, 0.25) is 0 Å². The minimum atomic E-state index is -0.395. The van der Waals surface area contributed by atoms with Crippen molar-refractivity contribution in [1.82, 2.24) is 0 Å². The molecule has 4 heteroatoms. The average Bonchev–Trinajstić information content (AvgIpc) is 2.06. The van der Waals surface area contributed by atoms with E-state index in [1.54, 1.807) is 6.92 Å². The highest BCUT2D eigenvalue weighted by molar-refractivity contribution is 6.36. The fourth-order valence-corrected chi connectivity index (χ4v) is 0.603. The quantitative estimate of drug-likeness (QED) is 0.358. The average molecular weight is 173 g/mol. The molecule has 0 aromatic rings. The second-order valence-electron chi connectivity index (χ2n) is 2.03. The molecule has 0 unspecified atom stereocenters. The van der Waals surface area contributed by atoms with Gasteiger partial charge >= 0.3 is 5.97 Å². The van der Waals surface area contributed by atoms with E-state index in [2.05, 4.69) is 5.16 Å². The fourth-order valence-electron chi connectivity index (χ4n) is 0.603. The molecule has 70 valence electrons. The van der Waals surface area contributed by atoms with E-state index in [4.69, 9.17) is 9.57 Å². The molecular weight excluding hydrogens is 158 g/mol. The number of esters is 1. The van der Waals surface area contributed by atoms with Gasteiger partial charge < -0.3 is 9.57 Å². The van der Waals surface area contributed by atoms with Crippen LogP contribution >= 0.6 is 0 Å². The van der Waals surface area contributed by atoms with E-state index in [1.165, 1.54) is 0 Å². The summed E-state index contributed by atoms with van der Waals surface area (Å²) in [6.45, 7) is 6.22. The minimum absolute atomic E-state index is 0.332. The molecule has 0 aliphatic heterocycles. The summed E-state index contributed by atoms with van der Waals surface area (Å²) in [6, 6.07) is 0. The largest absolute Gasteiger partial charge is 0.461 e. The van der Waals surface area contributed by atoms with Gasteiger partial charge in [-0.25, -0.2) is 4.79 Å². The molecule has 0 rings (SSSR count). The van der Waals surface area contributed by atoms with Gasteiger partial charge in [-0.3, -0.25) is 0 Å². The van der Waals surface area contributed by atoms with Crippen LogP contribution in [0.4, 0.5) is 0 Å². The number of ether oxygens (including phenoxy) is 1. The van der Waals surface area contributed by atoms with Crippen LogP contribution < -0.4 is 0 Å². The van der Waals surface area contributed by atoms with E-state index in [9.17, 15) is 4.79 Å². The normalized spacial score (nSPS) is 11.1. The molecule has 0 heterocycles. The molecule has 0 amide bonds. The molecule has 12 heavy (non-hydrogen) atoms. The number of carbonyl (C=O) groups is 1. The summed E-state index contributed by atoms with van der Waals surface area (Å²) in [5.41, 5.74) is 0.332. The standard InChI is InChI=1S/C8H15NO3/c1-4-7(9-12-6-3)8(10)11-5-2/h4-6H2,1-3H3. The minimum Gasteiger partial charge on any atom is -0.461 e. The first kappa shape index (κ1) is 10.9. The molecule has 0 atom stereocenters. The fraction of sp³-hybridized carbons (Fsp3) is 0.750. The Morgan fingerprint density at radius 2 is 1.92 bits per heavy atom. The van der Waals surface area contributed by atoms with E-state index in [-0.39, 0.29) is 0 Å². The SMILES string of the molecule is CCON=C(CC)C(=O)OCC. The van der Waals surface area contributed by atoms with Crippen molar-refractivity contribution in [1.29, 1.82) is 0 Å². The van der Waals surface area contributed by atoms with Crippen molar-refractivity contribution in [2.45, 2.75) is 27.2 Å². The van der Waals surface area contributed by atoms with Crippen molar-refractivity contribution in [3.05, 3.63) is 0 Å². The molecule has 0 N–H and O–H groups in total. The van der Waals surface area contributed by atoms with Gasteiger partial charge in [-0.05, 0) is 20.3 Å². The number of carbonyl (C=O) groups excluding carboxylic acids is 1. The molecule has 0 fully saturated rings. The van der Waals surface area contributed by atoms with Crippen LogP contribution in [0.3, 0.4) is 0 Å². The van der Waals surface area contributed by atoms with Crippen LogP contribution in [0, 0.1) is 0 Å². The molecular formula is C8H15NO3. The lowest BCUT2D eigenvalue weighted by Crippen LogP contribution is -2.17. The molecule has 0 aliphatic carbocycles. The predicted molar refractivity (Wildman–Crippen MR) is 46.0 cm³/mol. The smallest absolute Gasteiger partial charge is 0.356 e. The Hall–Kier alpha value is -1.06. The number of hydrogen-bond donors (Lipinski definition) is 0. The number of nitrogens with zero attached hydrogens (tertiary/aromatic N) is 1.